The maximum absolute atomic E-state index is 5.80. The van der Waals surface area contributed by atoms with Crippen molar-refractivity contribution in [1.29, 1.82) is 0 Å². The van der Waals surface area contributed by atoms with Crippen molar-refractivity contribution in [2.75, 3.05) is 26.9 Å². The molecule has 2 heterocycles. The van der Waals surface area contributed by atoms with E-state index >= 15 is 0 Å². The van der Waals surface area contributed by atoms with Crippen molar-refractivity contribution in [3.63, 3.8) is 0 Å². The second-order valence-corrected chi connectivity index (χ2v) is 5.33. The summed E-state index contributed by atoms with van der Waals surface area (Å²) in [6, 6.07) is 2.21. The summed E-state index contributed by atoms with van der Waals surface area (Å²) in [5.41, 5.74) is 1.08. The fourth-order valence-electron chi connectivity index (χ4n) is 2.62. The minimum absolute atomic E-state index is 0.285. The van der Waals surface area contributed by atoms with Gasteiger partial charge in [-0.2, -0.15) is 0 Å². The quantitative estimate of drug-likeness (QED) is 0.911. The van der Waals surface area contributed by atoms with Crippen LogP contribution in [0.5, 0.6) is 17.2 Å². The fourth-order valence-corrected chi connectivity index (χ4v) is 3.20. The third-order valence-corrected chi connectivity index (χ3v) is 3.98. The lowest BCUT2D eigenvalue weighted by molar-refractivity contribution is 0.167. The zero-order valence-corrected chi connectivity index (χ0v) is 11.9. The van der Waals surface area contributed by atoms with E-state index in [2.05, 4.69) is 21.2 Å². The molecule has 1 aromatic carbocycles. The van der Waals surface area contributed by atoms with Gasteiger partial charge in [-0.3, -0.25) is 0 Å². The molecule has 1 N–H and O–H groups in total. The summed E-state index contributed by atoms with van der Waals surface area (Å²) in [5, 5.41) is 3.49. The Morgan fingerprint density at radius 2 is 2.22 bits per heavy atom. The van der Waals surface area contributed by atoms with Crippen LogP contribution in [0.15, 0.2) is 10.5 Å². The van der Waals surface area contributed by atoms with Gasteiger partial charge in [0.25, 0.3) is 0 Å². The van der Waals surface area contributed by atoms with Crippen molar-refractivity contribution in [3.8, 4) is 17.2 Å². The number of fused-ring (bicyclic) bond motifs is 1. The van der Waals surface area contributed by atoms with Gasteiger partial charge in [-0.25, -0.2) is 0 Å². The van der Waals surface area contributed by atoms with Gasteiger partial charge in [0, 0.05) is 12.1 Å². The third-order valence-electron chi connectivity index (χ3n) is 3.39. The summed E-state index contributed by atoms with van der Waals surface area (Å²) in [6.45, 7) is 2.23. The van der Waals surface area contributed by atoms with Gasteiger partial charge in [-0.15, -0.1) is 0 Å². The summed E-state index contributed by atoms with van der Waals surface area (Å²) < 4.78 is 17.9. The van der Waals surface area contributed by atoms with Crippen LogP contribution in [-0.2, 0) is 0 Å². The van der Waals surface area contributed by atoms with Crippen LogP contribution in [0.1, 0.15) is 24.4 Å². The first-order valence-corrected chi connectivity index (χ1v) is 7.00. The first-order chi connectivity index (χ1) is 8.81. The molecule has 0 aliphatic carbocycles. The predicted molar refractivity (Wildman–Crippen MR) is 71.7 cm³/mol. The Morgan fingerprint density at radius 1 is 1.39 bits per heavy atom. The van der Waals surface area contributed by atoms with Crippen molar-refractivity contribution in [3.05, 3.63) is 16.1 Å². The van der Waals surface area contributed by atoms with Crippen LogP contribution < -0.4 is 19.5 Å². The number of hydrogen-bond donors (Lipinski definition) is 1. The summed E-state index contributed by atoms with van der Waals surface area (Å²) in [7, 11) is 1.69. The molecule has 2 aliphatic rings. The summed E-state index contributed by atoms with van der Waals surface area (Å²) in [6.07, 6.45) is 2.28. The number of nitrogens with one attached hydrogen (secondary N) is 1. The Kier molecular flexibility index (Phi) is 3.35. The molecule has 1 saturated heterocycles. The highest BCUT2D eigenvalue weighted by atomic mass is 79.9. The first kappa shape index (κ1) is 12.1. The van der Waals surface area contributed by atoms with Gasteiger partial charge >= 0.3 is 0 Å². The molecule has 0 spiro atoms. The van der Waals surface area contributed by atoms with Crippen LogP contribution in [-0.4, -0.2) is 26.9 Å². The van der Waals surface area contributed by atoms with Gasteiger partial charge in [0.05, 0.1) is 17.1 Å². The van der Waals surface area contributed by atoms with Gasteiger partial charge in [0.2, 0.25) is 0 Å². The number of rotatable bonds is 2. The van der Waals surface area contributed by atoms with Crippen molar-refractivity contribution in [2.45, 2.75) is 18.9 Å². The van der Waals surface area contributed by atoms with Crippen LogP contribution in [0.2, 0.25) is 0 Å². The number of benzene rings is 1. The molecule has 1 atom stereocenters. The van der Waals surface area contributed by atoms with Gasteiger partial charge in [-0.1, -0.05) is 0 Å². The second kappa shape index (κ2) is 4.97. The van der Waals surface area contributed by atoms with Crippen LogP contribution >= 0.6 is 15.9 Å². The van der Waals surface area contributed by atoms with Crippen LogP contribution in [0.25, 0.3) is 0 Å². The minimum atomic E-state index is 0.285. The van der Waals surface area contributed by atoms with E-state index in [-0.39, 0.29) is 6.04 Å². The molecular formula is C13H16BrNO3. The smallest absolute Gasteiger partial charge is 0.169 e. The highest BCUT2D eigenvalue weighted by Crippen LogP contribution is 2.48. The first-order valence-electron chi connectivity index (χ1n) is 6.20. The van der Waals surface area contributed by atoms with Gasteiger partial charge in [0.1, 0.15) is 19.0 Å². The maximum Gasteiger partial charge on any atom is 0.169 e. The molecule has 1 aromatic rings. The van der Waals surface area contributed by atoms with Gasteiger partial charge in [0.15, 0.2) is 11.5 Å². The zero-order chi connectivity index (χ0) is 12.5. The van der Waals surface area contributed by atoms with E-state index in [1.54, 1.807) is 7.11 Å². The Bertz CT molecular complexity index is 458. The van der Waals surface area contributed by atoms with E-state index in [4.69, 9.17) is 14.2 Å². The SMILES string of the molecule is COc1c(Br)cc2c(c1C1CCCN1)OCCO2. The Labute approximate surface area is 115 Å². The zero-order valence-electron chi connectivity index (χ0n) is 10.3. The molecule has 1 fully saturated rings. The molecular weight excluding hydrogens is 298 g/mol. The predicted octanol–water partition coefficient (Wildman–Crippen LogP) is 2.65. The Hall–Kier alpha value is -0.940. The average molecular weight is 314 g/mol. The molecule has 5 heteroatoms. The molecule has 0 radical (unpaired) electrons. The van der Waals surface area contributed by atoms with Crippen molar-refractivity contribution >= 4 is 15.9 Å². The summed E-state index contributed by atoms with van der Waals surface area (Å²) >= 11 is 3.55. The highest BCUT2D eigenvalue weighted by molar-refractivity contribution is 9.10. The topological polar surface area (TPSA) is 39.7 Å². The van der Waals surface area contributed by atoms with Crippen LogP contribution in [0.4, 0.5) is 0 Å². The molecule has 0 aromatic heterocycles. The highest BCUT2D eigenvalue weighted by Gasteiger charge is 2.30. The molecule has 18 heavy (non-hydrogen) atoms. The van der Waals surface area contributed by atoms with Crippen molar-refractivity contribution < 1.29 is 14.2 Å². The Morgan fingerprint density at radius 3 is 2.94 bits per heavy atom. The normalized spacial score (nSPS) is 22.0. The third kappa shape index (κ3) is 1.95. The second-order valence-electron chi connectivity index (χ2n) is 4.48. The van der Waals surface area contributed by atoms with Crippen molar-refractivity contribution in [1.82, 2.24) is 5.32 Å². The molecule has 1 unspecified atom stereocenters. The average Bonchev–Trinajstić information content (AvgIpc) is 2.90. The number of ether oxygens (including phenoxy) is 3. The van der Waals surface area contributed by atoms with E-state index in [9.17, 15) is 0 Å². The van der Waals surface area contributed by atoms with Gasteiger partial charge in [-0.05, 0) is 35.3 Å². The summed E-state index contributed by atoms with van der Waals surface area (Å²) in [5.74, 6) is 2.48. The van der Waals surface area contributed by atoms with E-state index in [0.29, 0.717) is 13.2 Å². The van der Waals surface area contributed by atoms with Crippen LogP contribution in [0, 0.1) is 0 Å². The lowest BCUT2D eigenvalue weighted by Crippen LogP contribution is -2.21. The maximum atomic E-state index is 5.80. The van der Waals surface area contributed by atoms with E-state index in [0.717, 1.165) is 40.3 Å². The lowest BCUT2D eigenvalue weighted by atomic mass is 10.0. The number of halogens is 1. The Balaban J connectivity index is 2.14. The molecule has 3 rings (SSSR count). The molecule has 0 bridgehead atoms. The van der Waals surface area contributed by atoms with E-state index < -0.39 is 0 Å². The van der Waals surface area contributed by atoms with Crippen molar-refractivity contribution in [2.24, 2.45) is 0 Å². The molecule has 2 aliphatic heterocycles. The van der Waals surface area contributed by atoms with E-state index in [1.165, 1.54) is 6.42 Å². The van der Waals surface area contributed by atoms with E-state index in [1.807, 2.05) is 6.07 Å². The monoisotopic (exact) mass is 313 g/mol. The number of methoxy groups -OCH3 is 1. The van der Waals surface area contributed by atoms with Gasteiger partial charge < -0.3 is 19.5 Å². The lowest BCUT2D eigenvalue weighted by Gasteiger charge is -2.26. The number of hydrogen-bond acceptors (Lipinski definition) is 4. The fraction of sp³-hybridized carbons (Fsp3) is 0.538. The standard InChI is InChI=1S/C13H16BrNO3/c1-16-12-8(14)7-10-13(18-6-5-17-10)11(12)9-3-2-4-15-9/h7,9,15H,2-6H2,1H3. The molecule has 98 valence electrons. The largest absolute Gasteiger partial charge is 0.495 e. The molecule has 0 saturated carbocycles. The minimum Gasteiger partial charge on any atom is -0.495 e. The summed E-state index contributed by atoms with van der Waals surface area (Å²) in [4.78, 5) is 0. The van der Waals surface area contributed by atoms with Crippen LogP contribution in [0.3, 0.4) is 0 Å². The molecule has 4 nitrogen and oxygen atoms in total. The molecule has 0 amide bonds.